The molecule has 318 valence electrons. The quantitative estimate of drug-likeness (QED) is 0.0901. The van der Waals surface area contributed by atoms with E-state index in [9.17, 15) is 19.5 Å². The SMILES string of the molecule is COc1cc(O)cc(OC)c1C1C2=CCC3C(=O)N(c4ccc(C(=O)c5ccccc5)cc4)C(=O)C3C2CC2C(=O)N(c3cc(-c4sc5ccc(Cl)cc5c4C)nn3C)C(=O)C21C. The third-order valence-corrected chi connectivity index (χ3v) is 15.3. The van der Waals surface area contributed by atoms with Crippen molar-refractivity contribution in [1.29, 1.82) is 0 Å². The number of aromatic nitrogens is 2. The Balaban J connectivity index is 1.06. The molecular weight excluding hydrogens is 840 g/mol. The van der Waals surface area contributed by atoms with Crippen molar-refractivity contribution in [2.75, 3.05) is 24.0 Å². The van der Waals surface area contributed by atoms with Gasteiger partial charge in [-0.25, -0.2) is 4.90 Å². The number of allylic oxidation sites excluding steroid dienone is 2. The molecule has 0 bridgehead atoms. The molecule has 10 rings (SSSR count). The molecule has 2 saturated heterocycles. The maximum absolute atomic E-state index is 15.4. The third kappa shape index (κ3) is 5.92. The monoisotopic (exact) mass is 880 g/mol. The van der Waals surface area contributed by atoms with E-state index in [1.807, 2.05) is 37.3 Å². The predicted octanol–water partition coefficient (Wildman–Crippen LogP) is 8.65. The number of rotatable bonds is 8. The zero-order chi connectivity index (χ0) is 44.2. The number of ether oxygens (including phenoxy) is 2. The van der Waals surface area contributed by atoms with Gasteiger partial charge < -0.3 is 14.6 Å². The molecule has 0 spiro atoms. The smallest absolute Gasteiger partial charge is 0.242 e. The Kier molecular flexibility index (Phi) is 9.50. The maximum atomic E-state index is 15.4. The molecule has 4 aromatic carbocycles. The average Bonchev–Trinajstić information content (AvgIpc) is 3.96. The molecule has 63 heavy (non-hydrogen) atoms. The summed E-state index contributed by atoms with van der Waals surface area (Å²) in [5, 5.41) is 17.2. The zero-order valence-corrected chi connectivity index (χ0v) is 36.5. The van der Waals surface area contributed by atoms with Crippen molar-refractivity contribution in [2.24, 2.45) is 36.1 Å². The lowest BCUT2D eigenvalue weighted by atomic mass is 9.51. The van der Waals surface area contributed by atoms with Crippen LogP contribution in [-0.2, 0) is 26.2 Å². The van der Waals surface area contributed by atoms with Gasteiger partial charge in [0.15, 0.2) is 5.78 Å². The number of phenols is 1. The Labute approximate surface area is 371 Å². The van der Waals surface area contributed by atoms with Crippen LogP contribution < -0.4 is 19.3 Å². The molecule has 6 unspecified atom stereocenters. The second-order valence-electron chi connectivity index (χ2n) is 16.9. The summed E-state index contributed by atoms with van der Waals surface area (Å²) in [5.74, 6) is -5.30. The Morgan fingerprint density at radius 3 is 2.22 bits per heavy atom. The number of carbonyl (C=O) groups is 5. The summed E-state index contributed by atoms with van der Waals surface area (Å²) in [6.45, 7) is 3.77. The molecule has 2 aliphatic heterocycles. The van der Waals surface area contributed by atoms with Crippen molar-refractivity contribution in [1.82, 2.24) is 9.78 Å². The first-order chi connectivity index (χ1) is 30.3. The number of amides is 4. The number of methoxy groups -OCH3 is 2. The van der Waals surface area contributed by atoms with E-state index in [1.165, 1.54) is 40.8 Å². The fourth-order valence-electron chi connectivity index (χ4n) is 10.7. The van der Waals surface area contributed by atoms with Crippen molar-refractivity contribution < 1.29 is 38.6 Å². The minimum absolute atomic E-state index is 0.113. The highest BCUT2D eigenvalue weighted by molar-refractivity contribution is 7.22. The van der Waals surface area contributed by atoms with Crippen LogP contribution in [0.15, 0.2) is 103 Å². The molecule has 6 atom stereocenters. The van der Waals surface area contributed by atoms with Gasteiger partial charge in [-0.05, 0) is 86.0 Å². The van der Waals surface area contributed by atoms with Gasteiger partial charge in [-0.15, -0.1) is 11.3 Å². The highest BCUT2D eigenvalue weighted by Gasteiger charge is 2.68. The Hall–Kier alpha value is -6.57. The summed E-state index contributed by atoms with van der Waals surface area (Å²) in [5.41, 5.74) is 2.56. The lowest BCUT2D eigenvalue weighted by Gasteiger charge is -2.49. The summed E-state index contributed by atoms with van der Waals surface area (Å²) in [6, 6.07) is 25.6. The number of ketones is 1. The van der Waals surface area contributed by atoms with Gasteiger partial charge >= 0.3 is 0 Å². The van der Waals surface area contributed by atoms with Gasteiger partial charge in [0.05, 0.1) is 48.0 Å². The summed E-state index contributed by atoms with van der Waals surface area (Å²) < 4.78 is 14.3. The number of nitrogens with zero attached hydrogens (tertiary/aromatic N) is 4. The van der Waals surface area contributed by atoms with Crippen LogP contribution in [0.1, 0.15) is 52.7 Å². The molecule has 4 amide bonds. The van der Waals surface area contributed by atoms with Crippen LogP contribution in [0.25, 0.3) is 20.7 Å². The lowest BCUT2D eigenvalue weighted by molar-refractivity contribution is -0.131. The third-order valence-electron chi connectivity index (χ3n) is 13.7. The van der Waals surface area contributed by atoms with E-state index in [2.05, 4.69) is 0 Å². The summed E-state index contributed by atoms with van der Waals surface area (Å²) in [6.07, 6.45) is 2.26. The summed E-state index contributed by atoms with van der Waals surface area (Å²) in [4.78, 5) is 76.3. The molecule has 1 saturated carbocycles. The number of carbonyl (C=O) groups excluding carboxylic acids is 5. The van der Waals surface area contributed by atoms with Gasteiger partial charge in [0, 0.05) is 57.6 Å². The van der Waals surface area contributed by atoms with E-state index >= 15 is 9.59 Å². The fourth-order valence-corrected chi connectivity index (χ4v) is 12.1. The number of anilines is 2. The number of aryl methyl sites for hydroxylation is 2. The topological polar surface area (TPSA) is 148 Å². The number of halogens is 1. The number of hydrogen-bond acceptors (Lipinski definition) is 10. The minimum atomic E-state index is -1.44. The van der Waals surface area contributed by atoms with E-state index in [1.54, 1.807) is 79.9 Å². The number of aromatic hydroxyl groups is 1. The molecule has 1 N–H and O–H groups in total. The molecule has 12 nitrogen and oxygen atoms in total. The van der Waals surface area contributed by atoms with E-state index in [4.69, 9.17) is 26.2 Å². The predicted molar refractivity (Wildman–Crippen MR) is 238 cm³/mol. The first-order valence-electron chi connectivity index (χ1n) is 20.6. The molecule has 6 aromatic rings. The lowest BCUT2D eigenvalue weighted by Crippen LogP contribution is -2.49. The fraction of sp³-hybridized carbons (Fsp3) is 0.265. The van der Waals surface area contributed by atoms with Gasteiger partial charge in [-0.1, -0.05) is 53.6 Å². The second kappa shape index (κ2) is 14.8. The summed E-state index contributed by atoms with van der Waals surface area (Å²) >= 11 is 7.89. The van der Waals surface area contributed by atoms with Gasteiger partial charge in [0.2, 0.25) is 23.6 Å². The minimum Gasteiger partial charge on any atom is -0.508 e. The van der Waals surface area contributed by atoms with E-state index in [-0.39, 0.29) is 47.6 Å². The maximum Gasteiger partial charge on any atom is 0.242 e. The average molecular weight is 881 g/mol. The van der Waals surface area contributed by atoms with Crippen LogP contribution in [-0.4, -0.2) is 58.5 Å². The number of benzene rings is 4. The number of imide groups is 2. The molecule has 0 radical (unpaired) electrons. The first kappa shape index (κ1) is 40.5. The number of hydrogen-bond donors (Lipinski definition) is 1. The van der Waals surface area contributed by atoms with Gasteiger partial charge in [0.1, 0.15) is 28.8 Å². The molecule has 4 aliphatic rings. The number of fused-ring (bicyclic) bond motifs is 5. The standard InChI is InChI=1S/C49H41ClN4O8S/c1-24-32-19-27(50)13-18-38(32)63-44(24)35-23-39(52(3)51-35)54-46(58)34-22-33-30(42(49(34,2)48(54)60)41-36(61-4)20-29(55)21-37(41)62-5)16-17-31-40(33)47(59)53(45(31)57)28-14-11-26(12-15-28)43(56)25-9-7-6-8-10-25/h6-16,18-21,23,31,33-34,40,42,55H,17,22H2,1-5H3. The van der Waals surface area contributed by atoms with Crippen LogP contribution in [0, 0.1) is 36.0 Å². The van der Waals surface area contributed by atoms with Crippen LogP contribution in [0.3, 0.4) is 0 Å². The van der Waals surface area contributed by atoms with Crippen LogP contribution in [0.4, 0.5) is 11.5 Å². The normalized spacial score (nSPS) is 24.1. The molecular formula is C49H41ClN4O8S. The molecule has 14 heteroatoms. The van der Waals surface area contributed by atoms with E-state index in [0.29, 0.717) is 33.1 Å². The largest absolute Gasteiger partial charge is 0.508 e. The van der Waals surface area contributed by atoms with Crippen molar-refractivity contribution in [3.05, 3.63) is 130 Å². The van der Waals surface area contributed by atoms with Gasteiger partial charge in [0.25, 0.3) is 0 Å². The zero-order valence-electron chi connectivity index (χ0n) is 34.9. The second-order valence-corrected chi connectivity index (χ2v) is 18.4. The first-order valence-corrected chi connectivity index (χ1v) is 21.8. The van der Waals surface area contributed by atoms with Gasteiger partial charge in [-0.3, -0.25) is 33.6 Å². The Morgan fingerprint density at radius 2 is 1.54 bits per heavy atom. The number of phenolic OH excluding ortho intramolecular Hbond substituents is 1. The van der Waals surface area contributed by atoms with Crippen molar-refractivity contribution in [2.45, 2.75) is 32.6 Å². The molecule has 3 fully saturated rings. The van der Waals surface area contributed by atoms with Crippen LogP contribution >= 0.6 is 22.9 Å². The van der Waals surface area contributed by atoms with Crippen molar-refractivity contribution in [3.8, 4) is 27.8 Å². The molecule has 2 aliphatic carbocycles. The van der Waals surface area contributed by atoms with E-state index < -0.39 is 52.7 Å². The highest BCUT2D eigenvalue weighted by atomic mass is 35.5. The molecule has 4 heterocycles. The van der Waals surface area contributed by atoms with Gasteiger partial charge in [-0.2, -0.15) is 5.10 Å². The number of thiophene rings is 1. The highest BCUT2D eigenvalue weighted by Crippen LogP contribution is 2.66. The van der Waals surface area contributed by atoms with Crippen LogP contribution in [0.2, 0.25) is 5.02 Å². The van der Waals surface area contributed by atoms with Crippen molar-refractivity contribution in [3.63, 3.8) is 0 Å². The van der Waals surface area contributed by atoms with E-state index in [0.717, 1.165) is 26.1 Å². The van der Waals surface area contributed by atoms with Crippen LogP contribution in [0.5, 0.6) is 17.2 Å². The van der Waals surface area contributed by atoms with Crippen molar-refractivity contribution >= 4 is 73.9 Å². The Morgan fingerprint density at radius 1 is 0.857 bits per heavy atom. The Bertz CT molecular complexity index is 2970. The summed E-state index contributed by atoms with van der Waals surface area (Å²) in [7, 11) is 4.60. The molecule has 2 aromatic heterocycles.